The van der Waals surface area contributed by atoms with E-state index in [1.54, 1.807) is 12.1 Å². The second-order valence-corrected chi connectivity index (χ2v) is 9.22. The van der Waals surface area contributed by atoms with E-state index in [1.807, 2.05) is 62.4 Å². The number of carbonyl (C=O) groups is 3. The van der Waals surface area contributed by atoms with Crippen LogP contribution < -0.4 is 5.32 Å². The van der Waals surface area contributed by atoms with Crippen LogP contribution in [0.5, 0.6) is 0 Å². The Labute approximate surface area is 206 Å². The summed E-state index contributed by atoms with van der Waals surface area (Å²) in [6.45, 7) is 4.15. The van der Waals surface area contributed by atoms with Gasteiger partial charge >= 0.3 is 6.09 Å². The van der Waals surface area contributed by atoms with Crippen LogP contribution in [0.2, 0.25) is 0 Å². The number of nitriles is 1. The molecule has 2 aromatic rings. The number of amides is 3. The van der Waals surface area contributed by atoms with Crippen molar-refractivity contribution in [2.45, 2.75) is 45.4 Å². The fraction of sp³-hybridized carbons (Fsp3) is 0.407. The van der Waals surface area contributed by atoms with Gasteiger partial charge < -0.3 is 15.0 Å². The number of benzene rings is 2. The summed E-state index contributed by atoms with van der Waals surface area (Å²) >= 11 is 0. The molecule has 3 unspecified atom stereocenters. The lowest BCUT2D eigenvalue weighted by Gasteiger charge is -2.32. The minimum atomic E-state index is -0.801. The molecule has 1 heterocycles. The Morgan fingerprint density at radius 2 is 1.74 bits per heavy atom. The zero-order valence-corrected chi connectivity index (χ0v) is 20.4. The Morgan fingerprint density at radius 1 is 1.11 bits per heavy atom. The molecule has 0 spiro atoms. The smallest absolute Gasteiger partial charge is 0.410 e. The molecular formula is C27H32N4O4. The highest BCUT2D eigenvalue weighted by Crippen LogP contribution is 2.27. The van der Waals surface area contributed by atoms with Crippen molar-refractivity contribution in [2.24, 2.45) is 11.8 Å². The summed E-state index contributed by atoms with van der Waals surface area (Å²) in [4.78, 5) is 41.9. The Morgan fingerprint density at radius 3 is 2.34 bits per heavy atom. The molecule has 1 saturated heterocycles. The van der Waals surface area contributed by atoms with Gasteiger partial charge in [-0.05, 0) is 36.5 Å². The van der Waals surface area contributed by atoms with Crippen molar-refractivity contribution >= 4 is 23.6 Å². The average molecular weight is 477 g/mol. The van der Waals surface area contributed by atoms with Gasteiger partial charge in [0.05, 0.1) is 12.0 Å². The van der Waals surface area contributed by atoms with Crippen molar-refractivity contribution in [1.29, 1.82) is 5.26 Å². The van der Waals surface area contributed by atoms with Crippen molar-refractivity contribution < 1.29 is 19.1 Å². The SMILES string of the molecule is CC(C)CC(C(=O)N1CC(C(=O)Nc2ccccc2)CC1C#N)N(C)C(=O)OCc1ccccc1. The fourth-order valence-electron chi connectivity index (χ4n) is 4.17. The molecule has 2 aromatic carbocycles. The number of nitrogens with zero attached hydrogens (tertiary/aromatic N) is 3. The highest BCUT2D eigenvalue weighted by atomic mass is 16.6. The fourth-order valence-corrected chi connectivity index (χ4v) is 4.17. The summed E-state index contributed by atoms with van der Waals surface area (Å²) in [5.41, 5.74) is 1.51. The van der Waals surface area contributed by atoms with Crippen LogP contribution in [0, 0.1) is 23.2 Å². The molecule has 1 N–H and O–H groups in total. The second-order valence-electron chi connectivity index (χ2n) is 9.22. The number of nitrogens with one attached hydrogen (secondary N) is 1. The van der Waals surface area contributed by atoms with Crippen molar-refractivity contribution in [3.8, 4) is 6.07 Å². The van der Waals surface area contributed by atoms with Gasteiger partial charge in [0, 0.05) is 19.3 Å². The molecule has 3 amide bonds. The third-order valence-electron chi connectivity index (χ3n) is 6.09. The number of likely N-dealkylation sites (N-methyl/N-ethyl adjacent to an activating group) is 1. The summed E-state index contributed by atoms with van der Waals surface area (Å²) in [5, 5.41) is 12.6. The number of ether oxygens (including phenoxy) is 1. The Hall–Kier alpha value is -3.86. The third kappa shape index (κ3) is 6.82. The molecule has 0 aromatic heterocycles. The van der Waals surface area contributed by atoms with Crippen LogP contribution in [0.25, 0.3) is 0 Å². The summed E-state index contributed by atoms with van der Waals surface area (Å²) in [5.74, 6) is -0.977. The number of rotatable bonds is 8. The van der Waals surface area contributed by atoms with E-state index in [9.17, 15) is 19.6 Å². The van der Waals surface area contributed by atoms with Gasteiger partial charge in [0.1, 0.15) is 18.7 Å². The minimum Gasteiger partial charge on any atom is -0.445 e. The molecule has 8 heteroatoms. The molecule has 184 valence electrons. The van der Waals surface area contributed by atoms with E-state index in [2.05, 4.69) is 11.4 Å². The zero-order chi connectivity index (χ0) is 25.4. The van der Waals surface area contributed by atoms with Crippen molar-refractivity contribution in [1.82, 2.24) is 9.80 Å². The van der Waals surface area contributed by atoms with Gasteiger partial charge in [-0.2, -0.15) is 5.26 Å². The minimum absolute atomic E-state index is 0.0961. The predicted molar refractivity (Wildman–Crippen MR) is 132 cm³/mol. The molecule has 1 aliphatic heterocycles. The Balaban J connectivity index is 1.69. The Kier molecular flexibility index (Phi) is 8.85. The van der Waals surface area contributed by atoms with Crippen LogP contribution in [0.4, 0.5) is 10.5 Å². The van der Waals surface area contributed by atoms with Gasteiger partial charge in [-0.15, -0.1) is 0 Å². The first-order chi connectivity index (χ1) is 16.8. The van der Waals surface area contributed by atoms with Gasteiger partial charge in [0.15, 0.2) is 0 Å². The molecule has 3 atom stereocenters. The summed E-state index contributed by atoms with van der Waals surface area (Å²) in [6.07, 6.45) is 0.0434. The largest absolute Gasteiger partial charge is 0.445 e. The van der Waals surface area contributed by atoms with E-state index in [4.69, 9.17) is 4.74 Å². The number of likely N-dealkylation sites (tertiary alicyclic amines) is 1. The summed E-state index contributed by atoms with van der Waals surface area (Å²) in [7, 11) is 1.54. The van der Waals surface area contributed by atoms with E-state index >= 15 is 0 Å². The van der Waals surface area contributed by atoms with Crippen LogP contribution in [0.3, 0.4) is 0 Å². The van der Waals surface area contributed by atoms with Gasteiger partial charge in [0.2, 0.25) is 11.8 Å². The maximum absolute atomic E-state index is 13.6. The van der Waals surface area contributed by atoms with Crippen molar-refractivity contribution in [3.63, 3.8) is 0 Å². The van der Waals surface area contributed by atoms with Crippen molar-refractivity contribution in [2.75, 3.05) is 18.9 Å². The van der Waals surface area contributed by atoms with E-state index in [-0.39, 0.29) is 37.3 Å². The number of anilines is 1. The highest BCUT2D eigenvalue weighted by molar-refractivity contribution is 5.94. The quantitative estimate of drug-likeness (QED) is 0.619. The lowest BCUT2D eigenvalue weighted by atomic mass is 10.0. The molecular weight excluding hydrogens is 444 g/mol. The molecule has 0 radical (unpaired) electrons. The second kappa shape index (κ2) is 12.0. The number of carbonyl (C=O) groups excluding carboxylic acids is 3. The van der Waals surface area contributed by atoms with Crippen molar-refractivity contribution in [3.05, 3.63) is 66.2 Å². The van der Waals surface area contributed by atoms with Crippen LogP contribution >= 0.6 is 0 Å². The maximum atomic E-state index is 13.6. The first-order valence-electron chi connectivity index (χ1n) is 11.8. The predicted octanol–water partition coefficient (Wildman–Crippen LogP) is 4.05. The van der Waals surface area contributed by atoms with E-state index < -0.39 is 24.1 Å². The third-order valence-corrected chi connectivity index (χ3v) is 6.09. The molecule has 0 aliphatic carbocycles. The average Bonchev–Trinajstić information content (AvgIpc) is 3.31. The molecule has 1 fully saturated rings. The number of hydrogen-bond acceptors (Lipinski definition) is 5. The van der Waals surface area contributed by atoms with Gasteiger partial charge in [-0.3, -0.25) is 14.5 Å². The molecule has 35 heavy (non-hydrogen) atoms. The molecule has 1 aliphatic rings. The first kappa shape index (κ1) is 25.8. The highest BCUT2D eigenvalue weighted by Gasteiger charge is 2.42. The van der Waals surface area contributed by atoms with Gasteiger partial charge in [0.25, 0.3) is 0 Å². The molecule has 0 bridgehead atoms. The lowest BCUT2D eigenvalue weighted by molar-refractivity contribution is -0.137. The zero-order valence-electron chi connectivity index (χ0n) is 20.4. The number of para-hydroxylation sites is 1. The molecule has 3 rings (SSSR count). The summed E-state index contributed by atoms with van der Waals surface area (Å²) < 4.78 is 5.43. The number of hydrogen-bond donors (Lipinski definition) is 1. The summed E-state index contributed by atoms with van der Waals surface area (Å²) in [6, 6.07) is 19.0. The van der Waals surface area contributed by atoms with Crippen LogP contribution in [0.15, 0.2) is 60.7 Å². The van der Waals surface area contributed by atoms with E-state index in [1.165, 1.54) is 16.8 Å². The van der Waals surface area contributed by atoms with Crippen LogP contribution in [-0.4, -0.2) is 53.4 Å². The standard InChI is InChI=1S/C27H32N4O4/c1-19(2)14-24(30(3)27(34)35-18-20-10-6-4-7-11-20)26(33)31-17-21(15-23(31)16-28)25(32)29-22-12-8-5-9-13-22/h4-13,19,21,23-24H,14-15,17-18H2,1-3H3,(H,29,32). The van der Waals surface area contributed by atoms with Crippen LogP contribution in [0.1, 0.15) is 32.3 Å². The van der Waals surface area contributed by atoms with Gasteiger partial charge in [-0.25, -0.2) is 4.79 Å². The van der Waals surface area contributed by atoms with E-state index in [0.29, 0.717) is 12.1 Å². The maximum Gasteiger partial charge on any atom is 0.410 e. The van der Waals surface area contributed by atoms with E-state index in [0.717, 1.165) is 5.56 Å². The first-order valence-corrected chi connectivity index (χ1v) is 11.8. The van der Waals surface area contributed by atoms with Crippen LogP contribution in [-0.2, 0) is 20.9 Å². The normalized spacial score (nSPS) is 18.0. The molecule has 8 nitrogen and oxygen atoms in total. The Bertz CT molecular complexity index is 1050. The topological polar surface area (TPSA) is 103 Å². The monoisotopic (exact) mass is 476 g/mol. The molecule has 0 saturated carbocycles. The van der Waals surface area contributed by atoms with Gasteiger partial charge in [-0.1, -0.05) is 62.4 Å². The lowest BCUT2D eigenvalue weighted by Crippen LogP contribution is -2.51.